The van der Waals surface area contributed by atoms with Gasteiger partial charge >= 0.3 is 0 Å². The first kappa shape index (κ1) is 21.5. The van der Waals surface area contributed by atoms with E-state index in [1.54, 1.807) is 6.07 Å². The van der Waals surface area contributed by atoms with Crippen LogP contribution >= 0.6 is 11.6 Å². The summed E-state index contributed by atoms with van der Waals surface area (Å²) in [5, 5.41) is 0.495. The number of benzene rings is 2. The first-order chi connectivity index (χ1) is 13.1. The Morgan fingerprint density at radius 2 is 1.52 bits per heavy atom. The monoisotopic (exact) mass is 386 g/mol. The largest absolute Gasteiger partial charge is 0.494 e. The van der Waals surface area contributed by atoms with Gasteiger partial charge in [0.2, 0.25) is 0 Å². The fourth-order valence-corrected chi connectivity index (χ4v) is 3.41. The lowest BCUT2D eigenvalue weighted by Gasteiger charge is -2.08. The molecule has 2 rings (SSSR count). The Labute approximate surface area is 168 Å². The summed E-state index contributed by atoms with van der Waals surface area (Å²) < 4.78 is 5.79. The second-order valence-corrected chi connectivity index (χ2v) is 7.57. The fourth-order valence-electron chi connectivity index (χ4n) is 3.09. The minimum atomic E-state index is -0.0605. The molecule has 0 aliphatic heterocycles. The summed E-state index contributed by atoms with van der Waals surface area (Å²) in [6.45, 7) is 4.93. The molecule has 0 saturated heterocycles. The van der Waals surface area contributed by atoms with Crippen LogP contribution in [0.1, 0.15) is 79.8 Å². The van der Waals surface area contributed by atoms with Gasteiger partial charge in [-0.25, -0.2) is 0 Å². The van der Waals surface area contributed by atoms with Crippen molar-refractivity contribution in [2.45, 2.75) is 65.2 Å². The summed E-state index contributed by atoms with van der Waals surface area (Å²) in [4.78, 5) is 12.6. The Bertz CT molecular complexity index is 707. The van der Waals surface area contributed by atoms with Gasteiger partial charge in [-0.15, -0.1) is 0 Å². The van der Waals surface area contributed by atoms with Crippen LogP contribution in [0.5, 0.6) is 5.75 Å². The maximum Gasteiger partial charge on any atom is 0.194 e. The van der Waals surface area contributed by atoms with Crippen molar-refractivity contribution in [3.63, 3.8) is 0 Å². The highest BCUT2D eigenvalue weighted by Crippen LogP contribution is 2.22. The molecule has 2 aromatic carbocycles. The molecule has 0 heterocycles. The number of ether oxygens (including phenoxy) is 1. The second-order valence-electron chi connectivity index (χ2n) is 7.16. The van der Waals surface area contributed by atoms with Crippen molar-refractivity contribution in [2.75, 3.05) is 6.61 Å². The van der Waals surface area contributed by atoms with E-state index in [9.17, 15) is 4.79 Å². The van der Waals surface area contributed by atoms with Crippen molar-refractivity contribution in [1.82, 2.24) is 0 Å². The van der Waals surface area contributed by atoms with E-state index in [-0.39, 0.29) is 5.78 Å². The molecule has 0 N–H and O–H groups in total. The third-order valence-corrected chi connectivity index (χ3v) is 5.07. The second kappa shape index (κ2) is 11.8. The van der Waals surface area contributed by atoms with Crippen LogP contribution in [0.25, 0.3) is 0 Å². The molecule has 0 atom stereocenters. The lowest BCUT2D eigenvalue weighted by molar-refractivity contribution is 0.103. The van der Waals surface area contributed by atoms with Gasteiger partial charge in [0.25, 0.3) is 0 Å². The molecule has 27 heavy (non-hydrogen) atoms. The summed E-state index contributed by atoms with van der Waals surface area (Å²) in [6.07, 6.45) is 10.3. The van der Waals surface area contributed by atoms with Crippen molar-refractivity contribution in [1.29, 1.82) is 0 Å². The van der Waals surface area contributed by atoms with Gasteiger partial charge < -0.3 is 4.74 Å². The number of hydrogen-bond donors (Lipinski definition) is 0. The molecule has 0 aromatic heterocycles. The van der Waals surface area contributed by atoms with Crippen molar-refractivity contribution < 1.29 is 9.53 Å². The molecular formula is C24H31ClO2. The van der Waals surface area contributed by atoms with Crippen LogP contribution < -0.4 is 4.74 Å². The van der Waals surface area contributed by atoms with Crippen molar-refractivity contribution in [3.8, 4) is 5.75 Å². The number of hydrogen-bond acceptors (Lipinski definition) is 2. The van der Waals surface area contributed by atoms with Crippen LogP contribution in [-0.4, -0.2) is 12.4 Å². The average molecular weight is 387 g/mol. The lowest BCUT2D eigenvalue weighted by atomic mass is 10.0. The molecular weight excluding hydrogens is 356 g/mol. The topological polar surface area (TPSA) is 26.3 Å². The van der Waals surface area contributed by atoms with Gasteiger partial charge in [-0.3, -0.25) is 4.79 Å². The van der Waals surface area contributed by atoms with E-state index < -0.39 is 0 Å². The zero-order chi connectivity index (χ0) is 19.5. The van der Waals surface area contributed by atoms with E-state index in [0.29, 0.717) is 16.1 Å². The first-order valence-electron chi connectivity index (χ1n) is 10.2. The normalized spacial score (nSPS) is 10.8. The predicted octanol–water partition coefficient (Wildman–Crippen LogP) is 7.40. The quantitative estimate of drug-likeness (QED) is 0.280. The standard InChI is InChI=1S/C24H31ClO2/c1-3-4-5-6-7-8-9-10-17-27-21-14-12-20(13-15-21)24(26)22-16-11-19(2)18-23(22)25/h11-16,18H,3-10,17H2,1-2H3. The molecule has 3 heteroatoms. The maximum atomic E-state index is 12.6. The van der Waals surface area contributed by atoms with Crippen LogP contribution in [-0.2, 0) is 0 Å². The Hall–Kier alpha value is -1.80. The maximum absolute atomic E-state index is 12.6. The molecule has 0 aliphatic rings. The smallest absolute Gasteiger partial charge is 0.194 e. The highest BCUT2D eigenvalue weighted by molar-refractivity contribution is 6.35. The van der Waals surface area contributed by atoms with Gasteiger partial charge in [0, 0.05) is 11.1 Å². The molecule has 0 unspecified atom stereocenters. The number of unbranched alkanes of at least 4 members (excludes halogenated alkanes) is 7. The molecule has 0 aliphatic carbocycles. The van der Waals surface area contributed by atoms with Gasteiger partial charge in [-0.2, -0.15) is 0 Å². The highest BCUT2D eigenvalue weighted by atomic mass is 35.5. The van der Waals surface area contributed by atoms with Crippen LogP contribution in [0.4, 0.5) is 0 Å². The number of aryl methyl sites for hydroxylation is 1. The molecule has 0 bridgehead atoms. The van der Waals surface area contributed by atoms with Crippen LogP contribution in [0.15, 0.2) is 42.5 Å². The SMILES string of the molecule is CCCCCCCCCCOc1ccc(C(=O)c2ccc(C)cc2Cl)cc1. The third kappa shape index (κ3) is 7.38. The van der Waals surface area contributed by atoms with Crippen molar-refractivity contribution in [3.05, 3.63) is 64.2 Å². The highest BCUT2D eigenvalue weighted by Gasteiger charge is 2.13. The van der Waals surface area contributed by atoms with E-state index in [0.717, 1.165) is 24.3 Å². The molecule has 0 spiro atoms. The zero-order valence-corrected chi connectivity index (χ0v) is 17.4. The van der Waals surface area contributed by atoms with Gasteiger partial charge in [-0.1, -0.05) is 69.5 Å². The van der Waals surface area contributed by atoms with Gasteiger partial charge in [0.05, 0.1) is 11.6 Å². The minimum absolute atomic E-state index is 0.0605. The molecule has 0 fully saturated rings. The number of ketones is 1. The third-order valence-electron chi connectivity index (χ3n) is 4.75. The number of carbonyl (C=O) groups excluding carboxylic acids is 1. The average Bonchev–Trinajstić information content (AvgIpc) is 2.67. The van der Waals surface area contributed by atoms with Crippen LogP contribution in [0, 0.1) is 6.92 Å². The van der Waals surface area contributed by atoms with E-state index in [4.69, 9.17) is 16.3 Å². The van der Waals surface area contributed by atoms with Crippen molar-refractivity contribution in [2.24, 2.45) is 0 Å². The first-order valence-corrected chi connectivity index (χ1v) is 10.5. The fraction of sp³-hybridized carbons (Fsp3) is 0.458. The Morgan fingerprint density at radius 1 is 0.889 bits per heavy atom. The molecule has 146 valence electrons. The zero-order valence-electron chi connectivity index (χ0n) is 16.6. The summed E-state index contributed by atoms with van der Waals surface area (Å²) in [6, 6.07) is 12.8. The summed E-state index contributed by atoms with van der Waals surface area (Å²) >= 11 is 6.21. The van der Waals surface area contributed by atoms with Crippen LogP contribution in [0.2, 0.25) is 5.02 Å². The number of rotatable bonds is 12. The van der Waals surface area contributed by atoms with Crippen molar-refractivity contribution >= 4 is 17.4 Å². The summed E-state index contributed by atoms with van der Waals surface area (Å²) in [7, 11) is 0. The summed E-state index contributed by atoms with van der Waals surface area (Å²) in [5.74, 6) is 0.749. The van der Waals surface area contributed by atoms with Crippen LogP contribution in [0.3, 0.4) is 0 Å². The molecule has 0 radical (unpaired) electrons. The molecule has 0 amide bonds. The molecule has 2 aromatic rings. The molecule has 0 saturated carbocycles. The number of halogens is 1. The minimum Gasteiger partial charge on any atom is -0.494 e. The molecule has 2 nitrogen and oxygen atoms in total. The van der Waals surface area contributed by atoms with E-state index >= 15 is 0 Å². The van der Waals surface area contributed by atoms with Gasteiger partial charge in [-0.05, 0) is 55.3 Å². The van der Waals surface area contributed by atoms with Gasteiger partial charge in [0.15, 0.2) is 5.78 Å². The summed E-state index contributed by atoms with van der Waals surface area (Å²) in [5.41, 5.74) is 2.20. The lowest BCUT2D eigenvalue weighted by Crippen LogP contribution is -2.03. The van der Waals surface area contributed by atoms with E-state index in [1.165, 1.54) is 44.9 Å². The number of carbonyl (C=O) groups is 1. The Balaban J connectivity index is 1.73. The van der Waals surface area contributed by atoms with E-state index in [2.05, 4.69) is 6.92 Å². The van der Waals surface area contributed by atoms with E-state index in [1.807, 2.05) is 43.3 Å². The predicted molar refractivity (Wildman–Crippen MR) is 114 cm³/mol. The Kier molecular flexibility index (Phi) is 9.41. The van der Waals surface area contributed by atoms with Gasteiger partial charge in [0.1, 0.15) is 5.75 Å². The Morgan fingerprint density at radius 3 is 2.15 bits per heavy atom.